The number of anilines is 1. The van der Waals surface area contributed by atoms with Crippen LogP contribution in [0.15, 0.2) is 42.6 Å². The minimum atomic E-state index is -0.308. The number of fused-ring (bicyclic) bond motifs is 1. The molecule has 0 fully saturated rings. The van der Waals surface area contributed by atoms with E-state index in [1.54, 1.807) is 36.4 Å². The smallest absolute Gasteiger partial charge is 0.261 e. The van der Waals surface area contributed by atoms with Crippen LogP contribution in [0.5, 0.6) is 0 Å². The summed E-state index contributed by atoms with van der Waals surface area (Å²) in [7, 11) is 0. The molecule has 6 nitrogen and oxygen atoms in total. The van der Waals surface area contributed by atoms with Gasteiger partial charge in [-0.1, -0.05) is 23.7 Å². The van der Waals surface area contributed by atoms with Crippen molar-refractivity contribution in [3.05, 3.63) is 58.9 Å². The third-order valence-electron chi connectivity index (χ3n) is 3.67. The SMILES string of the molecule is O=C(CCCN1C(=O)c2ccccc2C1=O)Nc1ccnc(Cl)c1. The maximum atomic E-state index is 12.2. The number of pyridine rings is 1. The molecule has 0 spiro atoms. The largest absolute Gasteiger partial charge is 0.326 e. The van der Waals surface area contributed by atoms with Crippen molar-refractivity contribution in [2.75, 3.05) is 11.9 Å². The van der Waals surface area contributed by atoms with Gasteiger partial charge in [0.05, 0.1) is 11.1 Å². The average molecular weight is 344 g/mol. The number of benzene rings is 1. The van der Waals surface area contributed by atoms with Gasteiger partial charge in [-0.25, -0.2) is 4.98 Å². The first-order valence-electron chi connectivity index (χ1n) is 7.43. The highest BCUT2D eigenvalue weighted by Gasteiger charge is 2.34. The van der Waals surface area contributed by atoms with E-state index in [-0.39, 0.29) is 30.7 Å². The number of hydrogen-bond donors (Lipinski definition) is 1. The van der Waals surface area contributed by atoms with Gasteiger partial charge in [0.1, 0.15) is 5.15 Å². The minimum absolute atomic E-state index is 0.188. The van der Waals surface area contributed by atoms with Crippen LogP contribution in [-0.2, 0) is 4.79 Å². The zero-order valence-electron chi connectivity index (χ0n) is 12.7. The number of amides is 3. The Morgan fingerprint density at radius 2 is 1.79 bits per heavy atom. The van der Waals surface area contributed by atoms with Gasteiger partial charge in [-0.05, 0) is 30.7 Å². The summed E-state index contributed by atoms with van der Waals surface area (Å²) < 4.78 is 0. The van der Waals surface area contributed by atoms with Crippen LogP contribution in [0.1, 0.15) is 33.6 Å². The molecule has 1 aromatic heterocycles. The van der Waals surface area contributed by atoms with E-state index in [4.69, 9.17) is 11.6 Å². The normalized spacial score (nSPS) is 13.1. The molecule has 3 amide bonds. The molecule has 3 rings (SSSR count). The van der Waals surface area contributed by atoms with Crippen LogP contribution in [0.2, 0.25) is 5.15 Å². The zero-order valence-corrected chi connectivity index (χ0v) is 13.4. The van der Waals surface area contributed by atoms with Crippen LogP contribution in [0, 0.1) is 0 Å². The van der Waals surface area contributed by atoms with Crippen molar-refractivity contribution in [3.63, 3.8) is 0 Å². The second-order valence-corrected chi connectivity index (χ2v) is 5.71. The molecule has 0 aliphatic carbocycles. The first kappa shape index (κ1) is 16.1. The summed E-state index contributed by atoms with van der Waals surface area (Å²) in [5.74, 6) is -0.831. The molecule has 0 bridgehead atoms. The van der Waals surface area contributed by atoms with E-state index in [1.807, 2.05) is 0 Å². The monoisotopic (exact) mass is 343 g/mol. The van der Waals surface area contributed by atoms with Crippen LogP contribution in [0.3, 0.4) is 0 Å². The summed E-state index contributed by atoms with van der Waals surface area (Å²) in [4.78, 5) is 41.3. The van der Waals surface area contributed by atoms with E-state index in [1.165, 1.54) is 11.1 Å². The summed E-state index contributed by atoms with van der Waals surface area (Å²) in [5.41, 5.74) is 1.39. The van der Waals surface area contributed by atoms with E-state index in [2.05, 4.69) is 10.3 Å². The molecule has 1 aromatic carbocycles. The standard InChI is InChI=1S/C17H14ClN3O3/c18-14-10-11(7-8-19-14)20-15(22)6-3-9-21-16(23)12-4-1-2-5-13(12)17(21)24/h1-2,4-5,7-8,10H,3,6,9H2,(H,19,20,22). The molecule has 1 aliphatic heterocycles. The van der Waals surface area contributed by atoms with Gasteiger partial charge in [0, 0.05) is 24.8 Å². The zero-order chi connectivity index (χ0) is 17.1. The fourth-order valence-corrected chi connectivity index (χ4v) is 2.72. The van der Waals surface area contributed by atoms with Crippen LogP contribution in [0.25, 0.3) is 0 Å². The van der Waals surface area contributed by atoms with Crippen LogP contribution < -0.4 is 5.32 Å². The fourth-order valence-electron chi connectivity index (χ4n) is 2.54. The van der Waals surface area contributed by atoms with Crippen molar-refractivity contribution in [3.8, 4) is 0 Å². The number of rotatable bonds is 5. The fraction of sp³-hybridized carbons (Fsp3) is 0.176. The van der Waals surface area contributed by atoms with Crippen molar-refractivity contribution in [2.45, 2.75) is 12.8 Å². The molecule has 0 radical (unpaired) electrons. The highest BCUT2D eigenvalue weighted by molar-refractivity contribution is 6.29. The van der Waals surface area contributed by atoms with Gasteiger partial charge < -0.3 is 5.32 Å². The topological polar surface area (TPSA) is 79.4 Å². The highest BCUT2D eigenvalue weighted by atomic mass is 35.5. The molecule has 0 atom stereocenters. The molecule has 0 unspecified atom stereocenters. The number of nitrogens with zero attached hydrogens (tertiary/aromatic N) is 2. The Hall–Kier alpha value is -2.73. The molecule has 2 aromatic rings. The van der Waals surface area contributed by atoms with Gasteiger partial charge >= 0.3 is 0 Å². The van der Waals surface area contributed by atoms with Crippen molar-refractivity contribution in [1.29, 1.82) is 0 Å². The molecule has 2 heterocycles. The lowest BCUT2D eigenvalue weighted by Crippen LogP contribution is -2.31. The lowest BCUT2D eigenvalue weighted by atomic mass is 10.1. The van der Waals surface area contributed by atoms with Gasteiger partial charge in [0.15, 0.2) is 0 Å². The van der Waals surface area contributed by atoms with E-state index < -0.39 is 0 Å². The summed E-state index contributed by atoms with van der Waals surface area (Å²) in [5, 5.41) is 2.99. The Kier molecular flexibility index (Phi) is 4.57. The molecule has 0 saturated carbocycles. The molecular formula is C17H14ClN3O3. The maximum absolute atomic E-state index is 12.2. The average Bonchev–Trinajstić information content (AvgIpc) is 2.80. The van der Waals surface area contributed by atoms with Gasteiger partial charge in [0.2, 0.25) is 5.91 Å². The third-order valence-corrected chi connectivity index (χ3v) is 3.88. The molecule has 0 saturated heterocycles. The molecule has 24 heavy (non-hydrogen) atoms. The van der Waals surface area contributed by atoms with E-state index in [0.717, 1.165) is 0 Å². The van der Waals surface area contributed by atoms with Crippen LogP contribution in [-0.4, -0.2) is 34.2 Å². The number of imide groups is 1. The Morgan fingerprint density at radius 1 is 1.12 bits per heavy atom. The second-order valence-electron chi connectivity index (χ2n) is 5.33. The second kappa shape index (κ2) is 6.80. The van der Waals surface area contributed by atoms with E-state index in [9.17, 15) is 14.4 Å². The van der Waals surface area contributed by atoms with E-state index >= 15 is 0 Å². The van der Waals surface area contributed by atoms with Gasteiger partial charge in [-0.3, -0.25) is 19.3 Å². The predicted octanol–water partition coefficient (Wildman–Crippen LogP) is 2.75. The van der Waals surface area contributed by atoms with Gasteiger partial charge in [0.25, 0.3) is 11.8 Å². The highest BCUT2D eigenvalue weighted by Crippen LogP contribution is 2.22. The number of carbonyl (C=O) groups excluding carboxylic acids is 3. The quantitative estimate of drug-likeness (QED) is 0.668. The maximum Gasteiger partial charge on any atom is 0.261 e. The number of nitrogens with one attached hydrogen (secondary N) is 1. The van der Waals surface area contributed by atoms with Crippen molar-refractivity contribution in [1.82, 2.24) is 9.88 Å². The van der Waals surface area contributed by atoms with Gasteiger partial charge in [-0.2, -0.15) is 0 Å². The third kappa shape index (κ3) is 3.28. The Bertz CT molecular complexity index is 787. The molecular weight excluding hydrogens is 330 g/mol. The Labute approximate surface area is 143 Å². The van der Waals surface area contributed by atoms with E-state index in [0.29, 0.717) is 28.4 Å². The van der Waals surface area contributed by atoms with Crippen LogP contribution >= 0.6 is 11.6 Å². The van der Waals surface area contributed by atoms with Crippen molar-refractivity contribution in [2.24, 2.45) is 0 Å². The molecule has 7 heteroatoms. The number of hydrogen-bond acceptors (Lipinski definition) is 4. The lowest BCUT2D eigenvalue weighted by Gasteiger charge is -2.13. The molecule has 1 aliphatic rings. The molecule has 122 valence electrons. The Balaban J connectivity index is 1.53. The Morgan fingerprint density at radius 3 is 2.42 bits per heavy atom. The summed E-state index contributed by atoms with van der Waals surface area (Å²) in [6.07, 6.45) is 2.07. The molecule has 1 N–H and O–H groups in total. The summed E-state index contributed by atoms with van der Waals surface area (Å²) >= 11 is 5.75. The lowest BCUT2D eigenvalue weighted by molar-refractivity contribution is -0.116. The van der Waals surface area contributed by atoms with Gasteiger partial charge in [-0.15, -0.1) is 0 Å². The van der Waals surface area contributed by atoms with Crippen molar-refractivity contribution < 1.29 is 14.4 Å². The minimum Gasteiger partial charge on any atom is -0.326 e. The van der Waals surface area contributed by atoms with Crippen molar-refractivity contribution >= 4 is 35.0 Å². The number of aromatic nitrogens is 1. The predicted molar refractivity (Wildman–Crippen MR) is 88.9 cm³/mol. The number of carbonyl (C=O) groups is 3. The summed E-state index contributed by atoms with van der Waals surface area (Å²) in [6, 6.07) is 9.89. The summed E-state index contributed by atoms with van der Waals surface area (Å²) in [6.45, 7) is 0.205. The first-order chi connectivity index (χ1) is 11.6. The van der Waals surface area contributed by atoms with Crippen LogP contribution in [0.4, 0.5) is 5.69 Å². The first-order valence-corrected chi connectivity index (χ1v) is 7.80. The number of halogens is 1.